The second-order valence-corrected chi connectivity index (χ2v) is 7.07. The first-order valence-electron chi connectivity index (χ1n) is 8.43. The number of nitrogens with zero attached hydrogens (tertiary/aromatic N) is 1. The molecule has 0 spiro atoms. The van der Waals surface area contributed by atoms with Gasteiger partial charge in [-0.3, -0.25) is 9.69 Å². The maximum Gasteiger partial charge on any atom is 0.241 e. The molecule has 1 amide bonds. The van der Waals surface area contributed by atoms with Gasteiger partial charge in [0.2, 0.25) is 5.91 Å². The molecule has 3 rings (SSSR count). The number of phenols is 1. The number of hydrogen-bond acceptors (Lipinski definition) is 3. The van der Waals surface area contributed by atoms with Gasteiger partial charge in [-0.2, -0.15) is 0 Å². The van der Waals surface area contributed by atoms with Crippen LogP contribution in [0.4, 0.5) is 5.69 Å². The molecule has 0 aromatic heterocycles. The van der Waals surface area contributed by atoms with Gasteiger partial charge in [0.25, 0.3) is 0 Å². The Morgan fingerprint density at radius 2 is 1.92 bits per heavy atom. The molecular formula is C20H20Cl2N2O2. The molecule has 6 heteroatoms. The lowest BCUT2D eigenvalue weighted by Gasteiger charge is -2.31. The number of carbonyl (C=O) groups excluding carboxylic acids is 1. The topological polar surface area (TPSA) is 52.6 Å². The number of carbonyl (C=O) groups is 1. The Bertz CT molecular complexity index is 834. The molecule has 0 aliphatic carbocycles. The second kappa shape index (κ2) is 8.12. The van der Waals surface area contributed by atoms with E-state index in [1.807, 2.05) is 19.1 Å². The number of amides is 1. The number of phenolic OH excluding ortho intramolecular Hbond substituents is 1. The maximum absolute atomic E-state index is 12.6. The number of benzene rings is 2. The Balaban J connectivity index is 1.64. The van der Waals surface area contributed by atoms with Gasteiger partial charge < -0.3 is 10.4 Å². The Labute approximate surface area is 163 Å². The Kier molecular flexibility index (Phi) is 5.87. The summed E-state index contributed by atoms with van der Waals surface area (Å²) < 4.78 is 0. The van der Waals surface area contributed by atoms with E-state index in [-0.39, 0.29) is 17.7 Å². The van der Waals surface area contributed by atoms with Gasteiger partial charge >= 0.3 is 0 Å². The minimum Gasteiger partial charge on any atom is -0.508 e. The SMILES string of the molecule is CC(C(=O)Nc1cccc(Cl)c1Cl)N1CC=C(c2ccc(O)cc2)CC1. The molecule has 2 aromatic rings. The van der Waals surface area contributed by atoms with Crippen molar-refractivity contribution >= 4 is 40.4 Å². The Morgan fingerprint density at radius 1 is 1.19 bits per heavy atom. The van der Waals surface area contributed by atoms with Gasteiger partial charge in [-0.15, -0.1) is 0 Å². The lowest BCUT2D eigenvalue weighted by Crippen LogP contribution is -2.44. The Hall–Kier alpha value is -2.01. The van der Waals surface area contributed by atoms with Gasteiger partial charge in [0.1, 0.15) is 5.75 Å². The fourth-order valence-corrected chi connectivity index (χ4v) is 3.33. The van der Waals surface area contributed by atoms with Crippen molar-refractivity contribution in [1.29, 1.82) is 0 Å². The monoisotopic (exact) mass is 390 g/mol. The molecule has 2 aromatic carbocycles. The van der Waals surface area contributed by atoms with E-state index in [0.717, 1.165) is 18.5 Å². The molecule has 0 fully saturated rings. The summed E-state index contributed by atoms with van der Waals surface area (Å²) in [5.74, 6) is 0.146. The van der Waals surface area contributed by atoms with Crippen LogP contribution in [0.3, 0.4) is 0 Å². The fourth-order valence-electron chi connectivity index (χ4n) is 2.98. The van der Waals surface area contributed by atoms with Crippen LogP contribution >= 0.6 is 23.2 Å². The van der Waals surface area contributed by atoms with Crippen molar-refractivity contribution in [2.75, 3.05) is 18.4 Å². The third-order valence-electron chi connectivity index (χ3n) is 4.62. The average molecular weight is 391 g/mol. The van der Waals surface area contributed by atoms with Crippen LogP contribution in [-0.4, -0.2) is 35.0 Å². The highest BCUT2D eigenvalue weighted by Crippen LogP contribution is 2.30. The predicted octanol–water partition coefficient (Wildman–Crippen LogP) is 4.82. The first kappa shape index (κ1) is 18.8. The van der Waals surface area contributed by atoms with E-state index < -0.39 is 0 Å². The summed E-state index contributed by atoms with van der Waals surface area (Å²) in [6.45, 7) is 3.35. The standard InChI is InChI=1S/C20H20Cl2N2O2/c1-13(20(26)23-18-4-2-3-17(21)19(18)22)24-11-9-15(10-12-24)14-5-7-16(25)8-6-14/h2-9,13,25H,10-12H2,1H3,(H,23,26). The molecule has 1 aliphatic rings. The van der Waals surface area contributed by atoms with Gasteiger partial charge in [0, 0.05) is 13.1 Å². The lowest BCUT2D eigenvalue weighted by atomic mass is 9.98. The number of nitrogens with one attached hydrogen (secondary N) is 1. The maximum atomic E-state index is 12.6. The summed E-state index contributed by atoms with van der Waals surface area (Å²) in [6.07, 6.45) is 2.98. The van der Waals surface area contributed by atoms with Crippen molar-refractivity contribution in [3.05, 3.63) is 64.1 Å². The van der Waals surface area contributed by atoms with Crippen molar-refractivity contribution in [1.82, 2.24) is 4.90 Å². The first-order chi connectivity index (χ1) is 12.5. The van der Waals surface area contributed by atoms with Gasteiger partial charge in [-0.1, -0.05) is 47.5 Å². The van der Waals surface area contributed by atoms with Crippen LogP contribution in [0, 0.1) is 0 Å². The summed E-state index contributed by atoms with van der Waals surface area (Å²) >= 11 is 12.1. The van der Waals surface area contributed by atoms with Crippen molar-refractivity contribution in [2.45, 2.75) is 19.4 Å². The third-order valence-corrected chi connectivity index (χ3v) is 5.43. The number of rotatable bonds is 4. The average Bonchev–Trinajstić information content (AvgIpc) is 2.65. The van der Waals surface area contributed by atoms with Crippen LogP contribution in [0.5, 0.6) is 5.75 Å². The van der Waals surface area contributed by atoms with Crippen LogP contribution in [0.25, 0.3) is 5.57 Å². The summed E-state index contributed by atoms with van der Waals surface area (Å²) in [4.78, 5) is 14.7. The first-order valence-corrected chi connectivity index (χ1v) is 9.18. The van der Waals surface area contributed by atoms with Gasteiger partial charge in [-0.25, -0.2) is 0 Å². The van der Waals surface area contributed by atoms with Crippen LogP contribution < -0.4 is 5.32 Å². The largest absolute Gasteiger partial charge is 0.508 e. The molecule has 0 saturated carbocycles. The molecule has 0 saturated heterocycles. The van der Waals surface area contributed by atoms with E-state index in [0.29, 0.717) is 22.3 Å². The summed E-state index contributed by atoms with van der Waals surface area (Å²) in [6, 6.07) is 12.1. The zero-order valence-corrected chi connectivity index (χ0v) is 15.9. The van der Waals surface area contributed by atoms with Gasteiger partial charge in [0.05, 0.1) is 21.8 Å². The minimum atomic E-state index is -0.289. The zero-order valence-electron chi connectivity index (χ0n) is 14.4. The molecule has 0 bridgehead atoms. The van der Waals surface area contributed by atoms with Crippen LogP contribution in [-0.2, 0) is 4.79 Å². The van der Waals surface area contributed by atoms with Crippen LogP contribution in [0.2, 0.25) is 10.0 Å². The molecule has 1 heterocycles. The Morgan fingerprint density at radius 3 is 2.58 bits per heavy atom. The molecule has 26 heavy (non-hydrogen) atoms. The number of anilines is 1. The fraction of sp³-hybridized carbons (Fsp3) is 0.250. The summed E-state index contributed by atoms with van der Waals surface area (Å²) in [5, 5.41) is 13.0. The molecule has 136 valence electrons. The van der Waals surface area contributed by atoms with E-state index in [4.69, 9.17) is 23.2 Å². The minimum absolute atomic E-state index is 0.115. The quantitative estimate of drug-likeness (QED) is 0.786. The van der Waals surface area contributed by atoms with Crippen molar-refractivity contribution in [2.24, 2.45) is 0 Å². The third kappa shape index (κ3) is 4.21. The number of aromatic hydroxyl groups is 1. The predicted molar refractivity (Wildman–Crippen MR) is 107 cm³/mol. The zero-order chi connectivity index (χ0) is 18.7. The van der Waals surface area contributed by atoms with E-state index in [2.05, 4.69) is 16.3 Å². The molecule has 0 radical (unpaired) electrons. The summed E-state index contributed by atoms with van der Waals surface area (Å²) in [5.41, 5.74) is 2.85. The van der Waals surface area contributed by atoms with Crippen molar-refractivity contribution in [3.63, 3.8) is 0 Å². The van der Waals surface area contributed by atoms with Gasteiger partial charge in [-0.05, 0) is 48.7 Å². The molecule has 1 atom stereocenters. The summed E-state index contributed by atoms with van der Waals surface area (Å²) in [7, 11) is 0. The normalized spacial score (nSPS) is 16.0. The van der Waals surface area contributed by atoms with Crippen molar-refractivity contribution in [3.8, 4) is 5.75 Å². The number of hydrogen-bond donors (Lipinski definition) is 2. The molecule has 2 N–H and O–H groups in total. The molecule has 4 nitrogen and oxygen atoms in total. The van der Waals surface area contributed by atoms with Gasteiger partial charge in [0.15, 0.2) is 0 Å². The molecule has 1 aliphatic heterocycles. The van der Waals surface area contributed by atoms with Crippen LogP contribution in [0.15, 0.2) is 48.5 Å². The molecule has 1 unspecified atom stereocenters. The van der Waals surface area contributed by atoms with E-state index >= 15 is 0 Å². The second-order valence-electron chi connectivity index (χ2n) is 6.29. The van der Waals surface area contributed by atoms with E-state index in [9.17, 15) is 9.90 Å². The number of halogens is 2. The molecular weight excluding hydrogens is 371 g/mol. The van der Waals surface area contributed by atoms with E-state index in [1.54, 1.807) is 30.3 Å². The van der Waals surface area contributed by atoms with E-state index in [1.165, 1.54) is 5.57 Å². The highest BCUT2D eigenvalue weighted by atomic mass is 35.5. The highest BCUT2D eigenvalue weighted by molar-refractivity contribution is 6.44. The van der Waals surface area contributed by atoms with Crippen LogP contribution in [0.1, 0.15) is 18.9 Å². The van der Waals surface area contributed by atoms with Crippen molar-refractivity contribution < 1.29 is 9.90 Å². The smallest absolute Gasteiger partial charge is 0.241 e. The lowest BCUT2D eigenvalue weighted by molar-refractivity contribution is -0.120. The highest BCUT2D eigenvalue weighted by Gasteiger charge is 2.24.